The molecule has 4 atom stereocenters. The molecule has 1 nitrogen and oxygen atoms in total. The van der Waals surface area contributed by atoms with E-state index in [0.717, 1.165) is 15.9 Å². The SMILES string of the molecule is OPPPP. The minimum Gasteiger partial charge on any atom is -0.372 e. The monoisotopic (exact) mass is 146 g/mol. The normalized spacial score (nSPS) is 15.6. The highest BCUT2D eigenvalue weighted by Crippen LogP contribution is 2.54. The summed E-state index contributed by atoms with van der Waals surface area (Å²) in [5.74, 6) is 0. The Morgan fingerprint density at radius 2 is 2.20 bits per heavy atom. The first-order valence-corrected chi connectivity index (χ1v) is 7.77. The Balaban J connectivity index is 2.19. The molecule has 0 aromatic heterocycles. The zero-order valence-corrected chi connectivity index (χ0v) is 6.68. The van der Waals surface area contributed by atoms with Crippen LogP contribution in [0.15, 0.2) is 0 Å². The van der Waals surface area contributed by atoms with Gasteiger partial charge in [0.05, 0.1) is 0 Å². The van der Waals surface area contributed by atoms with E-state index >= 15 is 0 Å². The summed E-state index contributed by atoms with van der Waals surface area (Å²) in [6.07, 6.45) is 0. The van der Waals surface area contributed by atoms with Crippen molar-refractivity contribution < 1.29 is 4.89 Å². The van der Waals surface area contributed by atoms with Crippen molar-refractivity contribution in [1.29, 1.82) is 0 Å². The topological polar surface area (TPSA) is 20.2 Å². The van der Waals surface area contributed by atoms with E-state index in [-0.39, 0.29) is 8.50 Å². The first kappa shape index (κ1) is 6.68. The van der Waals surface area contributed by atoms with Crippen molar-refractivity contribution in [2.45, 2.75) is 0 Å². The van der Waals surface area contributed by atoms with Gasteiger partial charge in [0.25, 0.3) is 0 Å². The van der Waals surface area contributed by atoms with E-state index in [2.05, 4.69) is 8.93 Å². The number of rotatable bonds is 2. The molecule has 4 unspecified atom stereocenters. The molecule has 0 saturated carbocycles. The molecule has 0 aromatic carbocycles. The standard InChI is InChI=1S/H6OP4/c1-3-5-4-2/h1,3-5H,2H2. The third-order valence-electron chi connectivity index (χ3n) is 0.128. The fourth-order valence-corrected chi connectivity index (χ4v) is 2.61. The van der Waals surface area contributed by atoms with Crippen molar-refractivity contribution in [2.24, 2.45) is 0 Å². The highest BCUT2D eigenvalue weighted by molar-refractivity contribution is 8.56. The van der Waals surface area contributed by atoms with E-state index in [1.165, 1.54) is 0 Å². The van der Waals surface area contributed by atoms with Crippen molar-refractivity contribution in [2.75, 3.05) is 0 Å². The highest BCUT2D eigenvalue weighted by Gasteiger charge is 1.67. The summed E-state index contributed by atoms with van der Waals surface area (Å²) in [5, 5.41) is 0. The van der Waals surface area contributed by atoms with Crippen molar-refractivity contribution >= 4 is 33.3 Å². The molecule has 5 heavy (non-hydrogen) atoms. The van der Waals surface area contributed by atoms with E-state index < -0.39 is 0 Å². The van der Waals surface area contributed by atoms with Gasteiger partial charge in [0.15, 0.2) is 0 Å². The van der Waals surface area contributed by atoms with Crippen molar-refractivity contribution in [3.05, 3.63) is 0 Å². The number of hydrogen-bond donors (Lipinski definition) is 1. The van der Waals surface area contributed by atoms with E-state index in [4.69, 9.17) is 4.89 Å². The summed E-state index contributed by atoms with van der Waals surface area (Å²) < 4.78 is 0. The van der Waals surface area contributed by atoms with Gasteiger partial charge in [-0.1, -0.05) is 7.96 Å². The van der Waals surface area contributed by atoms with Gasteiger partial charge in [-0.15, -0.1) is 8.93 Å². The van der Waals surface area contributed by atoms with Crippen LogP contribution in [0.3, 0.4) is 0 Å². The lowest BCUT2D eigenvalue weighted by molar-refractivity contribution is 0.660. The molecule has 0 aliphatic heterocycles. The van der Waals surface area contributed by atoms with Gasteiger partial charge in [0, 0.05) is 8.50 Å². The second-order valence-electron chi connectivity index (χ2n) is 0.381. The van der Waals surface area contributed by atoms with Crippen LogP contribution in [0.1, 0.15) is 0 Å². The molecule has 0 saturated heterocycles. The summed E-state index contributed by atoms with van der Waals surface area (Å²) >= 11 is 0. The second-order valence-corrected chi connectivity index (χ2v) is 8.28. The maximum absolute atomic E-state index is 8.10. The smallest absolute Gasteiger partial charge is 0.0363 e. The van der Waals surface area contributed by atoms with Crippen LogP contribution in [0.25, 0.3) is 0 Å². The third-order valence-corrected chi connectivity index (χ3v) is 7.36. The molecule has 0 aromatic rings. The quantitative estimate of drug-likeness (QED) is 0.585. The molecule has 0 heterocycles. The van der Waals surface area contributed by atoms with Crippen LogP contribution < -0.4 is 0 Å². The Morgan fingerprint density at radius 3 is 2.20 bits per heavy atom. The zero-order chi connectivity index (χ0) is 4.12. The molecule has 1 N–H and O–H groups in total. The fraction of sp³-hybridized carbons (Fsp3) is 0. The fourth-order valence-electron chi connectivity index (χ4n) is 0.0323. The van der Waals surface area contributed by atoms with E-state index in [9.17, 15) is 0 Å². The Bertz CT molecular complexity index is 11.1. The largest absolute Gasteiger partial charge is 0.372 e. The van der Waals surface area contributed by atoms with Crippen LogP contribution in [0, 0.1) is 0 Å². The molecular formula is H6OP4. The lowest BCUT2D eigenvalue weighted by Gasteiger charge is -1.80. The Hall–Kier alpha value is 1.68. The first-order chi connectivity index (χ1) is 2.41. The first-order valence-electron chi connectivity index (χ1n) is 1.01. The van der Waals surface area contributed by atoms with Gasteiger partial charge in [-0.05, 0) is 7.96 Å². The van der Waals surface area contributed by atoms with Gasteiger partial charge in [-0.3, -0.25) is 0 Å². The summed E-state index contributed by atoms with van der Waals surface area (Å²) in [6, 6.07) is 0. The molecule has 5 heteroatoms. The summed E-state index contributed by atoms with van der Waals surface area (Å²) in [7, 11) is 4.40. The second kappa shape index (κ2) is 5.68. The molecular weight excluding hydrogens is 140 g/mol. The highest BCUT2D eigenvalue weighted by atomic mass is 32.6. The van der Waals surface area contributed by atoms with Crippen LogP contribution in [-0.2, 0) is 0 Å². The molecule has 32 valence electrons. The van der Waals surface area contributed by atoms with Crippen LogP contribution in [0.2, 0.25) is 0 Å². The van der Waals surface area contributed by atoms with Crippen LogP contribution in [0.4, 0.5) is 0 Å². The minimum absolute atomic E-state index is 0.177. The Labute approximate surface area is 39.0 Å². The predicted molar refractivity (Wildman–Crippen MR) is 36.9 cm³/mol. The van der Waals surface area contributed by atoms with E-state index in [1.54, 1.807) is 0 Å². The minimum atomic E-state index is 0.177. The van der Waals surface area contributed by atoms with Crippen molar-refractivity contribution in [1.82, 2.24) is 0 Å². The maximum Gasteiger partial charge on any atom is 0.0363 e. The predicted octanol–water partition coefficient (Wildman–Crippen LogP) is 1.55. The van der Waals surface area contributed by atoms with Crippen LogP contribution in [-0.4, -0.2) is 4.89 Å². The molecule has 0 spiro atoms. The van der Waals surface area contributed by atoms with Gasteiger partial charge in [0.2, 0.25) is 0 Å². The molecule has 0 rings (SSSR count). The Kier molecular flexibility index (Phi) is 7.59. The van der Waals surface area contributed by atoms with Gasteiger partial charge >= 0.3 is 0 Å². The lowest BCUT2D eigenvalue weighted by Crippen LogP contribution is -1.12. The van der Waals surface area contributed by atoms with E-state index in [1.807, 2.05) is 0 Å². The van der Waals surface area contributed by atoms with Crippen molar-refractivity contribution in [3.63, 3.8) is 0 Å². The molecule has 0 fully saturated rings. The third kappa shape index (κ3) is 5.68. The maximum atomic E-state index is 8.10. The molecule has 0 aliphatic carbocycles. The number of hydrogen-bond acceptors (Lipinski definition) is 1. The van der Waals surface area contributed by atoms with E-state index in [0.29, 0.717) is 0 Å². The van der Waals surface area contributed by atoms with Crippen LogP contribution in [0.5, 0.6) is 0 Å². The molecule has 0 radical (unpaired) electrons. The average Bonchev–Trinajstić information content (AvgIpc) is 1.41. The zero-order valence-electron chi connectivity index (χ0n) is 2.52. The van der Waals surface area contributed by atoms with Gasteiger partial charge in [-0.25, -0.2) is 0 Å². The Morgan fingerprint density at radius 1 is 1.60 bits per heavy atom. The van der Waals surface area contributed by atoms with Crippen LogP contribution >= 0.6 is 33.3 Å². The van der Waals surface area contributed by atoms with Gasteiger partial charge < -0.3 is 4.89 Å². The lowest BCUT2D eigenvalue weighted by atomic mass is 15.9. The summed E-state index contributed by atoms with van der Waals surface area (Å²) in [6.45, 7) is 0. The van der Waals surface area contributed by atoms with Gasteiger partial charge in [0.1, 0.15) is 0 Å². The average molecular weight is 146 g/mol. The molecule has 0 aliphatic rings. The van der Waals surface area contributed by atoms with Crippen molar-refractivity contribution in [3.8, 4) is 0 Å². The van der Waals surface area contributed by atoms with Gasteiger partial charge in [-0.2, -0.15) is 0 Å². The molecule has 0 amide bonds. The summed E-state index contributed by atoms with van der Waals surface area (Å²) in [4.78, 5) is 8.10. The summed E-state index contributed by atoms with van der Waals surface area (Å²) in [5.41, 5.74) is 0. The molecule has 0 bridgehead atoms.